The molecule has 0 unspecified atom stereocenters. The molecule has 1 amide bonds. The van der Waals surface area contributed by atoms with Gasteiger partial charge in [-0.1, -0.05) is 13.8 Å². The summed E-state index contributed by atoms with van der Waals surface area (Å²) in [7, 11) is 0. The van der Waals surface area contributed by atoms with Gasteiger partial charge < -0.3 is 10.6 Å². The molecule has 0 saturated heterocycles. The Labute approximate surface area is 107 Å². The Morgan fingerprint density at radius 1 is 1.56 bits per heavy atom. The Kier molecular flexibility index (Phi) is 5.65. The average Bonchev–Trinajstić information content (AvgIpc) is 2.36. The van der Waals surface area contributed by atoms with Gasteiger partial charge in [0.15, 0.2) is 0 Å². The van der Waals surface area contributed by atoms with E-state index in [9.17, 15) is 4.79 Å². The molecule has 0 bridgehead atoms. The van der Waals surface area contributed by atoms with E-state index >= 15 is 0 Å². The number of hydrogen-bond donors (Lipinski definition) is 2. The van der Waals surface area contributed by atoms with Crippen LogP contribution in [0.4, 0.5) is 5.82 Å². The second kappa shape index (κ2) is 7.28. The van der Waals surface area contributed by atoms with Gasteiger partial charge in [-0.05, 0) is 18.1 Å². The van der Waals surface area contributed by atoms with Crippen LogP contribution in [0.2, 0.25) is 0 Å². The van der Waals surface area contributed by atoms with E-state index in [1.807, 2.05) is 6.07 Å². The van der Waals surface area contributed by atoms with Gasteiger partial charge in [0.2, 0.25) is 5.91 Å². The summed E-state index contributed by atoms with van der Waals surface area (Å²) in [5.41, 5.74) is 0.553. The highest BCUT2D eigenvalue weighted by Crippen LogP contribution is 2.05. The van der Waals surface area contributed by atoms with Crippen LogP contribution in [0.25, 0.3) is 0 Å². The predicted molar refractivity (Wildman–Crippen MR) is 69.9 cm³/mol. The van der Waals surface area contributed by atoms with Crippen LogP contribution >= 0.6 is 0 Å². The lowest BCUT2D eigenvalue weighted by molar-refractivity contribution is -0.120. The third-order valence-electron chi connectivity index (χ3n) is 2.25. The molecule has 1 heterocycles. The highest BCUT2D eigenvalue weighted by molar-refractivity contribution is 5.76. The van der Waals surface area contributed by atoms with Crippen LogP contribution in [0.5, 0.6) is 0 Å². The van der Waals surface area contributed by atoms with Crippen molar-refractivity contribution in [1.29, 1.82) is 5.26 Å². The van der Waals surface area contributed by atoms with Gasteiger partial charge in [-0.2, -0.15) is 5.26 Å². The average molecular weight is 246 g/mol. The number of nitrogens with zero attached hydrogens (tertiary/aromatic N) is 2. The molecular weight excluding hydrogens is 228 g/mol. The summed E-state index contributed by atoms with van der Waals surface area (Å²) in [6.07, 6.45) is 1.96. The summed E-state index contributed by atoms with van der Waals surface area (Å²) in [4.78, 5) is 15.5. The molecular formula is C13H18N4O. The van der Waals surface area contributed by atoms with Crippen LogP contribution in [0.15, 0.2) is 18.3 Å². The van der Waals surface area contributed by atoms with Crippen molar-refractivity contribution in [3.63, 3.8) is 0 Å². The minimum atomic E-state index is 0.0210. The SMILES string of the molecule is CC(C)CNC(=O)CCNc1cc(C#N)ccn1. The first-order valence-electron chi connectivity index (χ1n) is 5.98. The van der Waals surface area contributed by atoms with Crippen molar-refractivity contribution in [2.24, 2.45) is 5.92 Å². The predicted octanol–water partition coefficient (Wildman–Crippen LogP) is 1.53. The molecule has 0 spiro atoms. The Balaban J connectivity index is 2.29. The fourth-order valence-electron chi connectivity index (χ4n) is 1.31. The van der Waals surface area contributed by atoms with Crippen molar-refractivity contribution < 1.29 is 4.79 Å². The molecule has 18 heavy (non-hydrogen) atoms. The molecule has 0 saturated carbocycles. The van der Waals surface area contributed by atoms with Crippen molar-refractivity contribution in [2.45, 2.75) is 20.3 Å². The van der Waals surface area contributed by atoms with Crippen LogP contribution in [0, 0.1) is 17.2 Å². The van der Waals surface area contributed by atoms with E-state index in [2.05, 4.69) is 29.5 Å². The monoisotopic (exact) mass is 246 g/mol. The van der Waals surface area contributed by atoms with E-state index in [4.69, 9.17) is 5.26 Å². The first kappa shape index (κ1) is 14.0. The van der Waals surface area contributed by atoms with Gasteiger partial charge in [-0.3, -0.25) is 4.79 Å². The normalized spacial score (nSPS) is 9.89. The molecule has 0 aliphatic heterocycles. The van der Waals surface area contributed by atoms with Crippen molar-refractivity contribution >= 4 is 11.7 Å². The summed E-state index contributed by atoms with van der Waals surface area (Å²) >= 11 is 0. The number of carbonyl (C=O) groups is 1. The Morgan fingerprint density at radius 3 is 3.00 bits per heavy atom. The number of amides is 1. The number of nitrogens with one attached hydrogen (secondary N) is 2. The maximum absolute atomic E-state index is 11.4. The van der Waals surface area contributed by atoms with E-state index < -0.39 is 0 Å². The third-order valence-corrected chi connectivity index (χ3v) is 2.25. The van der Waals surface area contributed by atoms with E-state index in [1.165, 1.54) is 0 Å². The fourth-order valence-corrected chi connectivity index (χ4v) is 1.31. The summed E-state index contributed by atoms with van der Waals surface area (Å²) in [6.45, 7) is 5.30. The van der Waals surface area contributed by atoms with Gasteiger partial charge >= 0.3 is 0 Å². The van der Waals surface area contributed by atoms with Gasteiger partial charge in [0.25, 0.3) is 0 Å². The van der Waals surface area contributed by atoms with Crippen LogP contribution in [0.3, 0.4) is 0 Å². The molecule has 1 rings (SSSR count). The molecule has 0 atom stereocenters. The maximum atomic E-state index is 11.4. The summed E-state index contributed by atoms with van der Waals surface area (Å²) in [5.74, 6) is 1.09. The van der Waals surface area contributed by atoms with E-state index in [0.717, 1.165) is 0 Å². The molecule has 5 heteroatoms. The summed E-state index contributed by atoms with van der Waals surface area (Å²) in [6, 6.07) is 5.34. The topological polar surface area (TPSA) is 77.8 Å². The molecule has 1 aromatic rings. The Morgan fingerprint density at radius 2 is 2.33 bits per heavy atom. The maximum Gasteiger partial charge on any atom is 0.221 e. The number of nitriles is 1. The lowest BCUT2D eigenvalue weighted by Crippen LogP contribution is -2.28. The lowest BCUT2D eigenvalue weighted by Gasteiger charge is -2.08. The first-order chi connectivity index (χ1) is 8.61. The standard InChI is InChI=1S/C13H18N4O/c1-10(2)9-17-13(18)4-6-16-12-7-11(8-14)3-5-15-12/h3,5,7,10H,4,6,9H2,1-2H3,(H,15,16)(H,17,18). The lowest BCUT2D eigenvalue weighted by atomic mass is 10.2. The third kappa shape index (κ3) is 5.30. The number of pyridine rings is 1. The van der Waals surface area contributed by atoms with Crippen LogP contribution < -0.4 is 10.6 Å². The van der Waals surface area contributed by atoms with Crippen LogP contribution in [-0.2, 0) is 4.79 Å². The van der Waals surface area contributed by atoms with Gasteiger partial charge in [0, 0.05) is 25.7 Å². The smallest absolute Gasteiger partial charge is 0.221 e. The number of aromatic nitrogens is 1. The number of anilines is 1. The fraction of sp³-hybridized carbons (Fsp3) is 0.462. The van der Waals surface area contributed by atoms with Gasteiger partial charge in [0.05, 0.1) is 11.6 Å². The van der Waals surface area contributed by atoms with E-state index in [0.29, 0.717) is 36.8 Å². The molecule has 0 aromatic carbocycles. The molecule has 2 N–H and O–H groups in total. The molecule has 0 aliphatic rings. The van der Waals surface area contributed by atoms with Gasteiger partial charge in [-0.15, -0.1) is 0 Å². The molecule has 5 nitrogen and oxygen atoms in total. The minimum Gasteiger partial charge on any atom is -0.370 e. The van der Waals surface area contributed by atoms with Gasteiger partial charge in [0.1, 0.15) is 5.82 Å². The molecule has 0 radical (unpaired) electrons. The number of rotatable bonds is 6. The molecule has 96 valence electrons. The zero-order valence-corrected chi connectivity index (χ0v) is 10.7. The summed E-state index contributed by atoms with van der Waals surface area (Å²) in [5, 5.41) is 14.6. The first-order valence-corrected chi connectivity index (χ1v) is 5.98. The van der Waals surface area contributed by atoms with Crippen molar-refractivity contribution in [3.05, 3.63) is 23.9 Å². The van der Waals surface area contributed by atoms with Crippen molar-refractivity contribution in [1.82, 2.24) is 10.3 Å². The molecule has 1 aromatic heterocycles. The minimum absolute atomic E-state index is 0.0210. The molecule has 0 aliphatic carbocycles. The van der Waals surface area contributed by atoms with Crippen molar-refractivity contribution in [3.8, 4) is 6.07 Å². The number of hydrogen-bond acceptors (Lipinski definition) is 4. The van der Waals surface area contributed by atoms with Crippen molar-refractivity contribution in [2.75, 3.05) is 18.4 Å². The zero-order chi connectivity index (χ0) is 13.4. The second-order valence-corrected chi connectivity index (χ2v) is 4.42. The summed E-state index contributed by atoms with van der Waals surface area (Å²) < 4.78 is 0. The Hall–Kier alpha value is -2.09. The second-order valence-electron chi connectivity index (χ2n) is 4.42. The molecule has 0 fully saturated rings. The van der Waals surface area contributed by atoms with E-state index in [1.54, 1.807) is 18.3 Å². The highest BCUT2D eigenvalue weighted by Gasteiger charge is 2.02. The Bertz CT molecular complexity index is 437. The zero-order valence-electron chi connectivity index (χ0n) is 10.7. The quantitative estimate of drug-likeness (QED) is 0.798. The highest BCUT2D eigenvalue weighted by atomic mass is 16.1. The largest absolute Gasteiger partial charge is 0.370 e. The van der Waals surface area contributed by atoms with Crippen LogP contribution in [-0.4, -0.2) is 24.0 Å². The van der Waals surface area contributed by atoms with Crippen LogP contribution in [0.1, 0.15) is 25.8 Å². The van der Waals surface area contributed by atoms with Gasteiger partial charge in [-0.25, -0.2) is 4.98 Å². The van der Waals surface area contributed by atoms with E-state index in [-0.39, 0.29) is 5.91 Å². The number of carbonyl (C=O) groups excluding carboxylic acids is 1.